The van der Waals surface area contributed by atoms with Gasteiger partial charge in [-0.15, -0.1) is 5.10 Å². The van der Waals surface area contributed by atoms with Crippen LogP contribution >= 0.6 is 0 Å². The Morgan fingerprint density at radius 3 is 2.82 bits per heavy atom. The molecule has 0 saturated carbocycles. The normalized spacial score (nSPS) is 27.8. The van der Waals surface area contributed by atoms with Gasteiger partial charge in [0.25, 0.3) is 0 Å². The number of nitrogens with one attached hydrogen (secondary N) is 1. The van der Waals surface area contributed by atoms with Crippen molar-refractivity contribution < 1.29 is 13.2 Å². The second-order valence-corrected chi connectivity index (χ2v) is 4.45. The number of nitrogens with zero attached hydrogens (tertiary/aromatic N) is 3. The number of rotatable bonds is 1. The van der Waals surface area contributed by atoms with Crippen molar-refractivity contribution in [3.63, 3.8) is 0 Å². The van der Waals surface area contributed by atoms with Crippen molar-refractivity contribution in [2.75, 3.05) is 18.0 Å². The average molecular weight is 244 g/mol. The summed E-state index contributed by atoms with van der Waals surface area (Å²) in [6.45, 7) is 1.52. The van der Waals surface area contributed by atoms with Crippen molar-refractivity contribution in [1.82, 2.24) is 15.5 Å². The minimum atomic E-state index is -4.36. The van der Waals surface area contributed by atoms with Gasteiger partial charge in [0.2, 0.25) is 0 Å². The first-order valence-corrected chi connectivity index (χ1v) is 5.44. The molecule has 3 rings (SSSR count). The van der Waals surface area contributed by atoms with E-state index in [1.807, 2.05) is 4.90 Å². The summed E-state index contributed by atoms with van der Waals surface area (Å²) >= 11 is 0. The lowest BCUT2D eigenvalue weighted by molar-refractivity contribution is -0.137. The highest BCUT2D eigenvalue weighted by Crippen LogP contribution is 2.33. The zero-order valence-electron chi connectivity index (χ0n) is 8.91. The van der Waals surface area contributed by atoms with Crippen molar-refractivity contribution in [1.29, 1.82) is 0 Å². The molecule has 2 aliphatic rings. The van der Waals surface area contributed by atoms with Gasteiger partial charge >= 0.3 is 6.18 Å². The smallest absolute Gasteiger partial charge is 0.349 e. The van der Waals surface area contributed by atoms with Gasteiger partial charge in [-0.25, -0.2) is 0 Å². The number of hydrogen-bond donors (Lipinski definition) is 1. The molecule has 2 fully saturated rings. The van der Waals surface area contributed by atoms with Crippen LogP contribution in [0.5, 0.6) is 0 Å². The van der Waals surface area contributed by atoms with E-state index < -0.39 is 11.7 Å². The van der Waals surface area contributed by atoms with Crippen LogP contribution in [0.25, 0.3) is 0 Å². The van der Waals surface area contributed by atoms with Crippen LogP contribution in [0.1, 0.15) is 12.0 Å². The lowest BCUT2D eigenvalue weighted by atomic mass is 10.2. The third-order valence-electron chi connectivity index (χ3n) is 3.32. The fourth-order valence-electron chi connectivity index (χ4n) is 2.49. The van der Waals surface area contributed by atoms with Crippen LogP contribution in [-0.2, 0) is 6.18 Å². The Kier molecular flexibility index (Phi) is 2.25. The van der Waals surface area contributed by atoms with Crippen LogP contribution in [0.15, 0.2) is 12.3 Å². The number of anilines is 1. The van der Waals surface area contributed by atoms with E-state index >= 15 is 0 Å². The predicted octanol–water partition coefficient (Wildman–Crippen LogP) is 1.05. The molecule has 0 spiro atoms. The molecule has 0 radical (unpaired) electrons. The third kappa shape index (κ3) is 1.84. The van der Waals surface area contributed by atoms with Gasteiger partial charge in [0.15, 0.2) is 5.82 Å². The third-order valence-corrected chi connectivity index (χ3v) is 3.32. The van der Waals surface area contributed by atoms with Gasteiger partial charge in [0.1, 0.15) is 0 Å². The highest BCUT2D eigenvalue weighted by Gasteiger charge is 2.39. The van der Waals surface area contributed by atoms with Crippen molar-refractivity contribution in [3.8, 4) is 0 Å². The summed E-state index contributed by atoms with van der Waals surface area (Å²) in [5.74, 6) is 0.328. The molecule has 0 amide bonds. The molecule has 7 heteroatoms. The number of alkyl halides is 3. The Labute approximate surface area is 95.8 Å². The van der Waals surface area contributed by atoms with Crippen LogP contribution < -0.4 is 10.2 Å². The first-order chi connectivity index (χ1) is 8.04. The van der Waals surface area contributed by atoms with E-state index in [1.54, 1.807) is 0 Å². The number of fused-ring (bicyclic) bond motifs is 2. The van der Waals surface area contributed by atoms with Crippen molar-refractivity contribution in [3.05, 3.63) is 17.8 Å². The highest BCUT2D eigenvalue weighted by molar-refractivity contribution is 5.44. The molecular formula is C10H11F3N4. The van der Waals surface area contributed by atoms with Crippen LogP contribution in [0.2, 0.25) is 0 Å². The topological polar surface area (TPSA) is 41.1 Å². The maximum absolute atomic E-state index is 12.5. The van der Waals surface area contributed by atoms with Crippen LogP contribution in [-0.4, -0.2) is 35.4 Å². The number of halogens is 3. The summed E-state index contributed by atoms with van der Waals surface area (Å²) in [4.78, 5) is 1.91. The van der Waals surface area contributed by atoms with E-state index in [-0.39, 0.29) is 6.04 Å². The van der Waals surface area contributed by atoms with Gasteiger partial charge in [0.05, 0.1) is 11.8 Å². The van der Waals surface area contributed by atoms with E-state index in [2.05, 4.69) is 15.5 Å². The van der Waals surface area contributed by atoms with Crippen LogP contribution in [0.3, 0.4) is 0 Å². The quantitative estimate of drug-likeness (QED) is 0.801. The largest absolute Gasteiger partial charge is 0.418 e. The first-order valence-electron chi connectivity index (χ1n) is 5.44. The Morgan fingerprint density at radius 1 is 1.41 bits per heavy atom. The standard InChI is InChI=1S/C10H11F3N4/c11-10(12,13)6-1-9(16-15-3-6)17-5-7-2-8(17)4-14-7/h1,3,7-8,14H,2,4-5H2/t7-,8-/m0/s1. The van der Waals surface area contributed by atoms with E-state index in [0.717, 1.165) is 25.2 Å². The van der Waals surface area contributed by atoms with Crippen LogP contribution in [0, 0.1) is 0 Å². The monoisotopic (exact) mass is 244 g/mol. The number of hydrogen-bond acceptors (Lipinski definition) is 4. The fourth-order valence-corrected chi connectivity index (χ4v) is 2.49. The molecule has 1 N–H and O–H groups in total. The number of aromatic nitrogens is 2. The Hall–Kier alpha value is -1.37. The maximum atomic E-state index is 12.5. The molecule has 2 aliphatic heterocycles. The van der Waals surface area contributed by atoms with E-state index in [9.17, 15) is 13.2 Å². The van der Waals surface area contributed by atoms with Gasteiger partial charge in [-0.2, -0.15) is 18.3 Å². The molecule has 92 valence electrons. The first kappa shape index (κ1) is 10.8. The summed E-state index contributed by atoms with van der Waals surface area (Å²) in [6, 6.07) is 1.70. The summed E-state index contributed by atoms with van der Waals surface area (Å²) in [5, 5.41) is 10.5. The van der Waals surface area contributed by atoms with Gasteiger partial charge in [-0.3, -0.25) is 0 Å². The maximum Gasteiger partial charge on any atom is 0.418 e. The minimum Gasteiger partial charge on any atom is -0.349 e. The summed E-state index contributed by atoms with van der Waals surface area (Å²) in [6.07, 6.45) is -2.63. The van der Waals surface area contributed by atoms with Gasteiger partial charge in [-0.05, 0) is 12.5 Å². The second-order valence-electron chi connectivity index (χ2n) is 4.45. The molecule has 2 atom stereocenters. The Bertz CT molecular complexity index is 434. The zero-order chi connectivity index (χ0) is 12.0. The molecule has 1 aromatic rings. The highest BCUT2D eigenvalue weighted by atomic mass is 19.4. The van der Waals surface area contributed by atoms with E-state index in [4.69, 9.17) is 0 Å². The lowest BCUT2D eigenvalue weighted by Gasteiger charge is -2.28. The van der Waals surface area contributed by atoms with Crippen molar-refractivity contribution >= 4 is 5.82 Å². The van der Waals surface area contributed by atoms with Crippen LogP contribution in [0.4, 0.5) is 19.0 Å². The molecule has 3 heterocycles. The number of piperazine rings is 1. The molecule has 0 unspecified atom stereocenters. The molecule has 2 saturated heterocycles. The molecule has 17 heavy (non-hydrogen) atoms. The molecular weight excluding hydrogens is 233 g/mol. The summed E-state index contributed by atoms with van der Waals surface area (Å²) in [5.41, 5.74) is -0.738. The molecule has 1 aromatic heterocycles. The molecule has 0 aliphatic carbocycles. The van der Waals surface area contributed by atoms with Crippen molar-refractivity contribution in [2.45, 2.75) is 24.7 Å². The summed E-state index contributed by atoms with van der Waals surface area (Å²) in [7, 11) is 0. The molecule has 0 aromatic carbocycles. The van der Waals surface area contributed by atoms with Gasteiger partial charge < -0.3 is 10.2 Å². The lowest BCUT2D eigenvalue weighted by Crippen LogP contribution is -2.44. The molecule has 4 nitrogen and oxygen atoms in total. The van der Waals surface area contributed by atoms with Gasteiger partial charge in [0, 0.05) is 25.2 Å². The average Bonchev–Trinajstić information content (AvgIpc) is 2.89. The Morgan fingerprint density at radius 2 is 2.24 bits per heavy atom. The zero-order valence-corrected chi connectivity index (χ0v) is 8.91. The van der Waals surface area contributed by atoms with E-state index in [0.29, 0.717) is 18.4 Å². The van der Waals surface area contributed by atoms with Gasteiger partial charge in [-0.1, -0.05) is 0 Å². The van der Waals surface area contributed by atoms with E-state index in [1.165, 1.54) is 0 Å². The fraction of sp³-hybridized carbons (Fsp3) is 0.600. The Balaban J connectivity index is 1.89. The van der Waals surface area contributed by atoms with Crippen molar-refractivity contribution in [2.24, 2.45) is 0 Å². The molecule has 2 bridgehead atoms. The minimum absolute atomic E-state index is 0.248. The second kappa shape index (κ2) is 3.56. The SMILES string of the molecule is FC(F)(F)c1cnnc(N2C[C@@H]3C[C@H]2CN3)c1. The summed E-state index contributed by atoms with van der Waals surface area (Å²) < 4.78 is 37.6. The predicted molar refractivity (Wildman–Crippen MR) is 54.6 cm³/mol.